The maximum Gasteiger partial charge on any atom is 0.323 e. The molecule has 0 amide bonds. The Labute approximate surface area is 242 Å². The zero-order valence-electron chi connectivity index (χ0n) is 25.7. The summed E-state index contributed by atoms with van der Waals surface area (Å²) in [6.45, 7) is 16.0. The first kappa shape index (κ1) is 33.3. The van der Waals surface area contributed by atoms with Gasteiger partial charge in [0.1, 0.15) is 6.79 Å². The number of fused-ring (bicyclic) bond motifs is 1. The molecule has 9 nitrogen and oxygen atoms in total. The summed E-state index contributed by atoms with van der Waals surface area (Å²) in [4.78, 5) is 16.5. The summed E-state index contributed by atoms with van der Waals surface area (Å²) in [7, 11) is -0.440. The van der Waals surface area contributed by atoms with Gasteiger partial charge in [0, 0.05) is 25.0 Å². The van der Waals surface area contributed by atoms with Crippen LogP contribution in [0.5, 0.6) is 0 Å². The molecule has 0 aromatic heterocycles. The van der Waals surface area contributed by atoms with E-state index in [4.69, 9.17) is 28.1 Å². The Hall–Kier alpha value is -1.23. The number of allylic oxidation sites excluding steroid dienone is 1. The van der Waals surface area contributed by atoms with E-state index in [9.17, 15) is 10.3 Å². The molecule has 0 spiro atoms. The lowest BCUT2D eigenvalue weighted by molar-refractivity contribution is -0.123. The molecule has 2 fully saturated rings. The molecule has 0 aromatic rings. The zero-order valence-corrected chi connectivity index (χ0v) is 26.7. The third kappa shape index (κ3) is 8.88. The number of Topliss-reactive ketones (excluding diaryl/α,β-unsaturated/α-hetero) is 1. The van der Waals surface area contributed by atoms with Gasteiger partial charge in [0.05, 0.1) is 32.5 Å². The van der Waals surface area contributed by atoms with Crippen LogP contribution >= 0.6 is 0 Å². The molecular weight excluding hydrogens is 528 g/mol. The number of nitrogens with zero attached hydrogens (tertiary/aromatic N) is 2. The number of carbonyl (C=O) groups is 1. The molecule has 7 atom stereocenters. The zero-order chi connectivity index (χ0) is 29.3. The largest absolute Gasteiger partial charge is 0.414 e. The molecule has 228 valence electrons. The van der Waals surface area contributed by atoms with Gasteiger partial charge < -0.3 is 33.6 Å². The lowest BCUT2D eigenvalue weighted by Crippen LogP contribution is -2.47. The fraction of sp³-hybridized carbons (Fsp3) is 0.867. The molecule has 0 radical (unpaired) electrons. The summed E-state index contributed by atoms with van der Waals surface area (Å²) in [6, 6.07) is 0. The van der Waals surface area contributed by atoms with Gasteiger partial charge in [-0.15, -0.1) is 0 Å². The van der Waals surface area contributed by atoms with Gasteiger partial charge in [0.2, 0.25) is 5.78 Å². The quantitative estimate of drug-likeness (QED) is 0.0494. The van der Waals surface area contributed by atoms with Crippen molar-refractivity contribution >= 4 is 20.3 Å². The molecule has 0 bridgehead atoms. The maximum atomic E-state index is 13.4. The van der Waals surface area contributed by atoms with E-state index in [-0.39, 0.29) is 59.8 Å². The van der Waals surface area contributed by atoms with Crippen LogP contribution < -0.4 is 0 Å². The standard InChI is InChI=1S/C30H52N2O7Si/c1-21(8-13-28-36-16-17-37-28)29(25(33)19-32-31)22-9-10-23-24(11-12-26(23)38-20-35-15-14-34-5)27(18-22)39-40(6,7)30(2,3)4/h9-10,19,21-24,26-29H,8,11-18,20H2,1-7H3/t21-,22+,23+,24+,26-,27-,29+/m0/s1. The van der Waals surface area contributed by atoms with E-state index in [1.807, 2.05) is 0 Å². The molecule has 0 aromatic carbocycles. The Morgan fingerprint density at radius 3 is 2.52 bits per heavy atom. The van der Waals surface area contributed by atoms with E-state index in [0.29, 0.717) is 32.3 Å². The molecule has 1 saturated heterocycles. The minimum absolute atomic E-state index is 0.00367. The van der Waals surface area contributed by atoms with Crippen molar-refractivity contribution in [2.45, 2.75) is 96.4 Å². The highest BCUT2D eigenvalue weighted by Crippen LogP contribution is 2.47. The first-order chi connectivity index (χ1) is 19.0. The van der Waals surface area contributed by atoms with E-state index < -0.39 is 8.32 Å². The van der Waals surface area contributed by atoms with Gasteiger partial charge in [-0.1, -0.05) is 39.8 Å². The average molecular weight is 581 g/mol. The van der Waals surface area contributed by atoms with Gasteiger partial charge in [-0.25, -0.2) is 0 Å². The molecule has 3 aliphatic rings. The Bertz CT molecular complexity index is 880. The van der Waals surface area contributed by atoms with Gasteiger partial charge in [0.25, 0.3) is 0 Å². The average Bonchev–Trinajstić information content (AvgIpc) is 3.51. The molecule has 1 saturated carbocycles. The summed E-state index contributed by atoms with van der Waals surface area (Å²) in [5.41, 5.74) is 9.26. The van der Waals surface area contributed by atoms with Gasteiger partial charge >= 0.3 is 6.21 Å². The van der Waals surface area contributed by atoms with E-state index in [0.717, 1.165) is 38.3 Å². The van der Waals surface area contributed by atoms with Crippen LogP contribution in [-0.2, 0) is 32.9 Å². The minimum Gasteiger partial charge on any atom is -0.414 e. The summed E-state index contributed by atoms with van der Waals surface area (Å²) in [5, 5.41) is 0.0642. The third-order valence-corrected chi connectivity index (χ3v) is 14.0. The Morgan fingerprint density at radius 2 is 1.88 bits per heavy atom. The van der Waals surface area contributed by atoms with E-state index in [1.54, 1.807) is 7.11 Å². The van der Waals surface area contributed by atoms with Gasteiger partial charge in [0.15, 0.2) is 14.6 Å². The third-order valence-electron chi connectivity index (χ3n) is 9.46. The normalized spacial score (nSPS) is 29.0. The summed E-state index contributed by atoms with van der Waals surface area (Å²) < 4.78 is 35.3. The van der Waals surface area contributed by atoms with Crippen molar-refractivity contribution in [3.8, 4) is 0 Å². The van der Waals surface area contributed by atoms with Crippen LogP contribution in [0.25, 0.3) is 5.53 Å². The number of hydrogen-bond acceptors (Lipinski definition) is 7. The predicted octanol–water partition coefficient (Wildman–Crippen LogP) is 5.26. The van der Waals surface area contributed by atoms with Crippen LogP contribution in [0.3, 0.4) is 0 Å². The van der Waals surface area contributed by atoms with Crippen LogP contribution in [0, 0.1) is 29.6 Å². The maximum absolute atomic E-state index is 13.4. The van der Waals surface area contributed by atoms with Crippen molar-refractivity contribution in [3.05, 3.63) is 17.7 Å². The number of methoxy groups -OCH3 is 1. The summed E-state index contributed by atoms with van der Waals surface area (Å²) in [6.07, 6.45) is 9.58. The number of hydrogen-bond donors (Lipinski definition) is 0. The Balaban J connectivity index is 1.85. The van der Waals surface area contributed by atoms with Gasteiger partial charge in [-0.2, -0.15) is 4.79 Å². The number of ether oxygens (including phenoxy) is 5. The molecular formula is C30H52N2O7Si. The molecule has 2 aliphatic carbocycles. The van der Waals surface area contributed by atoms with E-state index >= 15 is 0 Å². The highest BCUT2D eigenvalue weighted by atomic mass is 28.4. The van der Waals surface area contributed by atoms with Crippen molar-refractivity contribution in [2.75, 3.05) is 40.3 Å². The topological polar surface area (TPSA) is 109 Å². The highest BCUT2D eigenvalue weighted by molar-refractivity contribution is 6.74. The molecule has 0 N–H and O–H groups in total. The van der Waals surface area contributed by atoms with Crippen LogP contribution in [0.2, 0.25) is 18.1 Å². The Morgan fingerprint density at radius 1 is 1.15 bits per heavy atom. The lowest BCUT2D eigenvalue weighted by atomic mass is 9.75. The van der Waals surface area contributed by atoms with Gasteiger partial charge in [-0.3, -0.25) is 4.79 Å². The fourth-order valence-corrected chi connectivity index (χ4v) is 7.59. The molecule has 3 rings (SSSR count). The molecule has 0 unspecified atom stereocenters. The second kappa shape index (κ2) is 15.3. The summed E-state index contributed by atoms with van der Waals surface area (Å²) >= 11 is 0. The van der Waals surface area contributed by atoms with Gasteiger partial charge in [-0.05, 0) is 68.0 Å². The van der Waals surface area contributed by atoms with Crippen LogP contribution in [0.15, 0.2) is 12.2 Å². The van der Waals surface area contributed by atoms with Crippen molar-refractivity contribution in [1.29, 1.82) is 0 Å². The monoisotopic (exact) mass is 580 g/mol. The van der Waals surface area contributed by atoms with Crippen LogP contribution in [-0.4, -0.2) is 83.9 Å². The first-order valence-electron chi connectivity index (χ1n) is 15.0. The molecule has 40 heavy (non-hydrogen) atoms. The van der Waals surface area contributed by atoms with E-state index in [1.165, 1.54) is 0 Å². The van der Waals surface area contributed by atoms with Crippen molar-refractivity contribution in [3.63, 3.8) is 0 Å². The van der Waals surface area contributed by atoms with Crippen LogP contribution in [0.4, 0.5) is 0 Å². The second-order valence-corrected chi connectivity index (χ2v) is 17.9. The first-order valence-corrected chi connectivity index (χ1v) is 17.9. The minimum atomic E-state index is -2.10. The smallest absolute Gasteiger partial charge is 0.323 e. The molecule has 1 aliphatic heterocycles. The summed E-state index contributed by atoms with van der Waals surface area (Å²) in [5.74, 6) is -0.0172. The van der Waals surface area contributed by atoms with E-state index in [2.05, 4.69) is 57.7 Å². The lowest BCUT2D eigenvalue weighted by Gasteiger charge is -2.42. The fourth-order valence-electron chi connectivity index (χ4n) is 6.21. The highest BCUT2D eigenvalue weighted by Gasteiger charge is 2.48. The number of carbonyl (C=O) groups excluding carboxylic acids is 1. The molecule has 1 heterocycles. The number of rotatable bonds is 15. The van der Waals surface area contributed by atoms with Crippen molar-refractivity contribution < 1.29 is 37.7 Å². The van der Waals surface area contributed by atoms with Crippen molar-refractivity contribution in [2.24, 2.45) is 29.6 Å². The Kier molecular flexibility index (Phi) is 12.7. The second-order valence-electron chi connectivity index (χ2n) is 13.1. The van der Waals surface area contributed by atoms with Crippen LogP contribution in [0.1, 0.15) is 59.8 Å². The predicted molar refractivity (Wildman–Crippen MR) is 155 cm³/mol. The molecule has 10 heteroatoms. The number of ketones is 1. The van der Waals surface area contributed by atoms with Crippen molar-refractivity contribution in [1.82, 2.24) is 0 Å². The SMILES string of the molecule is COCCOCO[C@H]1CC[C@@H]2[C@H]1C=C[C@@H]([C@H](C(=O)C=[N+]=[N-])[C@@H](C)CCC1OCCO1)C[C@@H]2O[Si](C)(C)C(C)(C)C.